The molecule has 0 saturated heterocycles. The molecule has 6 N–H and O–H groups in total. The van der Waals surface area contributed by atoms with Crippen molar-refractivity contribution in [3.63, 3.8) is 0 Å². The number of rotatable bonds is 16. The zero-order chi connectivity index (χ0) is 32.8. The van der Waals surface area contributed by atoms with Crippen LogP contribution in [-0.2, 0) is 14.4 Å². The highest BCUT2D eigenvalue weighted by molar-refractivity contribution is 5.76. The molecule has 4 saturated carbocycles. The van der Waals surface area contributed by atoms with Gasteiger partial charge in [-0.15, -0.1) is 0 Å². The standard InChI is InChI=1S/C36H62N2O7/c1-23(12-15-32(43)38-19-8-4-6-10-31(42)37-18-9-5-7-11-33(44)45)26-13-14-27-34-28(22-30(41)36(26,27)3)35(2)17-16-25(39)20-24(35)21-29(34)40/h23-30,34,39-41H,4-22H2,1-3H3,(H,37,42)(H,38,43)(H,44,45)/t23?,24?,25-,26-,27?,28?,29-,30+,34?,35+,36-/m1/s1. The van der Waals surface area contributed by atoms with Gasteiger partial charge in [0.1, 0.15) is 0 Å². The van der Waals surface area contributed by atoms with Crippen molar-refractivity contribution < 1.29 is 34.8 Å². The lowest BCUT2D eigenvalue weighted by atomic mass is 9.43. The Balaban J connectivity index is 1.15. The summed E-state index contributed by atoms with van der Waals surface area (Å²) in [5.74, 6) is 1.05. The molecular weight excluding hydrogens is 572 g/mol. The number of amides is 2. The van der Waals surface area contributed by atoms with Gasteiger partial charge in [0.2, 0.25) is 11.8 Å². The molecule has 0 heterocycles. The second-order valence-corrected chi connectivity index (χ2v) is 15.8. The molecule has 4 rings (SSSR count). The predicted molar refractivity (Wildman–Crippen MR) is 173 cm³/mol. The minimum atomic E-state index is -0.781. The Morgan fingerprint density at radius 2 is 1.42 bits per heavy atom. The van der Waals surface area contributed by atoms with Crippen LogP contribution in [0.3, 0.4) is 0 Å². The lowest BCUT2D eigenvalue weighted by Gasteiger charge is -2.63. The minimum absolute atomic E-state index is 0.0259. The average Bonchev–Trinajstić information content (AvgIpc) is 3.35. The van der Waals surface area contributed by atoms with Crippen LogP contribution >= 0.6 is 0 Å². The number of carboxylic acids is 1. The first-order chi connectivity index (χ1) is 21.4. The van der Waals surface area contributed by atoms with Gasteiger partial charge in [-0.3, -0.25) is 14.4 Å². The van der Waals surface area contributed by atoms with E-state index in [-0.39, 0.29) is 53.1 Å². The van der Waals surface area contributed by atoms with E-state index in [0.29, 0.717) is 56.0 Å². The molecule has 0 aliphatic heterocycles. The van der Waals surface area contributed by atoms with E-state index >= 15 is 0 Å². The van der Waals surface area contributed by atoms with Crippen molar-refractivity contribution in [3.05, 3.63) is 0 Å². The van der Waals surface area contributed by atoms with Crippen LogP contribution in [0.5, 0.6) is 0 Å². The Morgan fingerprint density at radius 1 is 0.778 bits per heavy atom. The van der Waals surface area contributed by atoms with Crippen LogP contribution in [0.25, 0.3) is 0 Å². The third-order valence-electron chi connectivity index (χ3n) is 13.1. The quantitative estimate of drug-likeness (QED) is 0.133. The van der Waals surface area contributed by atoms with E-state index in [0.717, 1.165) is 83.5 Å². The molecule has 0 radical (unpaired) electrons. The van der Waals surface area contributed by atoms with Gasteiger partial charge in [-0.1, -0.05) is 33.6 Å². The summed E-state index contributed by atoms with van der Waals surface area (Å²) >= 11 is 0. The zero-order valence-electron chi connectivity index (χ0n) is 28.1. The Bertz CT molecular complexity index is 1010. The maximum atomic E-state index is 12.7. The lowest BCUT2D eigenvalue weighted by molar-refractivity contribution is -0.207. The SMILES string of the molecule is CC(CCC(=O)NCCCCCC(=O)NCCCCCC(=O)O)[C@H]1CCC2C3C(C[C@H](O)[C@@]21C)[C@@]1(C)CC[C@@H](O)CC1C[C@H]3O. The fraction of sp³-hybridized carbons (Fsp3) is 0.917. The molecular formula is C36H62N2O7. The van der Waals surface area contributed by atoms with Crippen LogP contribution in [-0.4, -0.2) is 69.6 Å². The van der Waals surface area contributed by atoms with Gasteiger partial charge in [0.05, 0.1) is 18.3 Å². The Morgan fingerprint density at radius 3 is 2.09 bits per heavy atom. The monoisotopic (exact) mass is 634 g/mol. The van der Waals surface area contributed by atoms with E-state index in [1.54, 1.807) is 0 Å². The van der Waals surface area contributed by atoms with Gasteiger partial charge in [-0.25, -0.2) is 0 Å². The first-order valence-corrected chi connectivity index (χ1v) is 18.2. The first kappa shape index (κ1) is 36.1. The number of aliphatic hydroxyl groups is 3. The summed E-state index contributed by atoms with van der Waals surface area (Å²) in [7, 11) is 0. The van der Waals surface area contributed by atoms with Crippen molar-refractivity contribution in [1.29, 1.82) is 0 Å². The van der Waals surface area contributed by atoms with Crippen LogP contribution in [0.4, 0.5) is 0 Å². The van der Waals surface area contributed by atoms with Gasteiger partial charge >= 0.3 is 5.97 Å². The number of fused-ring (bicyclic) bond motifs is 5. The van der Waals surface area contributed by atoms with Crippen LogP contribution in [0.1, 0.15) is 130 Å². The molecule has 11 atom stereocenters. The van der Waals surface area contributed by atoms with Crippen molar-refractivity contribution in [3.8, 4) is 0 Å². The molecule has 0 aromatic rings. The first-order valence-electron chi connectivity index (χ1n) is 18.2. The van der Waals surface area contributed by atoms with E-state index in [9.17, 15) is 29.7 Å². The Labute approximate surface area is 270 Å². The van der Waals surface area contributed by atoms with Gasteiger partial charge in [0.15, 0.2) is 0 Å². The van der Waals surface area contributed by atoms with Gasteiger partial charge in [-0.2, -0.15) is 0 Å². The highest BCUT2D eigenvalue weighted by atomic mass is 16.4. The molecule has 4 aliphatic rings. The second-order valence-electron chi connectivity index (χ2n) is 15.8. The van der Waals surface area contributed by atoms with E-state index < -0.39 is 12.1 Å². The number of carbonyl (C=O) groups excluding carboxylic acids is 2. The van der Waals surface area contributed by atoms with Crippen molar-refractivity contribution in [1.82, 2.24) is 10.6 Å². The van der Waals surface area contributed by atoms with Crippen molar-refractivity contribution >= 4 is 17.8 Å². The van der Waals surface area contributed by atoms with Gasteiger partial charge in [0.25, 0.3) is 0 Å². The van der Waals surface area contributed by atoms with Gasteiger partial charge < -0.3 is 31.1 Å². The molecule has 0 aromatic heterocycles. The van der Waals surface area contributed by atoms with Gasteiger partial charge in [-0.05, 0) is 123 Å². The molecule has 0 spiro atoms. The molecule has 258 valence electrons. The second kappa shape index (κ2) is 15.9. The molecule has 45 heavy (non-hydrogen) atoms. The molecule has 9 nitrogen and oxygen atoms in total. The molecule has 0 aromatic carbocycles. The van der Waals surface area contributed by atoms with Crippen LogP contribution in [0.2, 0.25) is 0 Å². The molecule has 5 unspecified atom stereocenters. The van der Waals surface area contributed by atoms with E-state index in [1.807, 2.05) is 0 Å². The highest BCUT2D eigenvalue weighted by Crippen LogP contribution is 2.68. The maximum absolute atomic E-state index is 12.7. The third-order valence-corrected chi connectivity index (χ3v) is 13.1. The molecule has 4 fully saturated rings. The molecule has 9 heteroatoms. The zero-order valence-corrected chi connectivity index (χ0v) is 28.1. The number of carbonyl (C=O) groups is 3. The normalized spacial score (nSPS) is 38.0. The van der Waals surface area contributed by atoms with Crippen molar-refractivity contribution in [2.24, 2.45) is 46.3 Å². The van der Waals surface area contributed by atoms with Gasteiger partial charge in [0, 0.05) is 32.4 Å². The maximum Gasteiger partial charge on any atom is 0.303 e. The number of hydrogen-bond acceptors (Lipinski definition) is 6. The molecule has 2 amide bonds. The summed E-state index contributed by atoms with van der Waals surface area (Å²) in [5.41, 5.74) is -0.173. The smallest absolute Gasteiger partial charge is 0.303 e. The summed E-state index contributed by atoms with van der Waals surface area (Å²) in [6.45, 7) is 8.06. The topological polar surface area (TPSA) is 156 Å². The average molecular weight is 635 g/mol. The number of aliphatic carboxylic acids is 1. The van der Waals surface area contributed by atoms with E-state index in [1.165, 1.54) is 0 Å². The number of hydrogen-bond donors (Lipinski definition) is 6. The summed E-state index contributed by atoms with van der Waals surface area (Å²) in [6.07, 6.45) is 11.7. The lowest BCUT2D eigenvalue weighted by Crippen LogP contribution is -2.62. The molecule has 0 bridgehead atoms. The molecule has 4 aliphatic carbocycles. The largest absolute Gasteiger partial charge is 0.481 e. The fourth-order valence-electron chi connectivity index (χ4n) is 10.5. The van der Waals surface area contributed by atoms with Crippen LogP contribution in [0, 0.1) is 46.3 Å². The number of carboxylic acid groups (broad SMARTS) is 1. The number of unbranched alkanes of at least 4 members (excludes halogenated alkanes) is 4. The summed E-state index contributed by atoms with van der Waals surface area (Å²) in [4.78, 5) is 35.2. The van der Waals surface area contributed by atoms with Crippen LogP contribution in [0.15, 0.2) is 0 Å². The van der Waals surface area contributed by atoms with E-state index in [2.05, 4.69) is 31.4 Å². The number of aliphatic hydroxyl groups excluding tert-OH is 3. The highest BCUT2D eigenvalue weighted by Gasteiger charge is 2.65. The fourth-order valence-corrected chi connectivity index (χ4v) is 10.5. The van der Waals surface area contributed by atoms with Crippen LogP contribution < -0.4 is 10.6 Å². The summed E-state index contributed by atoms with van der Waals surface area (Å²) in [5, 5.41) is 48.2. The Kier molecular flexibility index (Phi) is 12.8. The summed E-state index contributed by atoms with van der Waals surface area (Å²) < 4.78 is 0. The predicted octanol–water partition coefficient (Wildman–Crippen LogP) is 4.80. The Hall–Kier alpha value is -1.71. The van der Waals surface area contributed by atoms with Crippen molar-refractivity contribution in [2.75, 3.05) is 13.1 Å². The minimum Gasteiger partial charge on any atom is -0.481 e. The van der Waals surface area contributed by atoms with E-state index in [4.69, 9.17) is 5.11 Å². The van der Waals surface area contributed by atoms with Crippen molar-refractivity contribution in [2.45, 2.75) is 148 Å². The number of nitrogens with one attached hydrogen (secondary N) is 2. The summed E-state index contributed by atoms with van der Waals surface area (Å²) in [6, 6.07) is 0. The third kappa shape index (κ3) is 8.42.